The maximum Gasteiger partial charge on any atom is 0.184 e. The molecule has 0 aromatic heterocycles. The van der Waals surface area contributed by atoms with Gasteiger partial charge in [-0.3, -0.25) is 4.79 Å². The summed E-state index contributed by atoms with van der Waals surface area (Å²) in [6.45, 7) is 19.6. The number of carbonyl (C=O) groups excluding carboxylic acids is 1. The molecule has 0 N–H and O–H groups in total. The molecule has 0 aromatic carbocycles. The Morgan fingerprint density at radius 3 is 2.30 bits per heavy atom. The summed E-state index contributed by atoms with van der Waals surface area (Å²) in [6.07, 6.45) is 14.2. The maximum absolute atomic E-state index is 12.6. The quantitative estimate of drug-likeness (QED) is 0.346. The number of hydrogen-bond donors (Lipinski definition) is 0. The Morgan fingerprint density at radius 1 is 0.939 bits per heavy atom. The van der Waals surface area contributed by atoms with E-state index >= 15 is 0 Å². The SMILES string of the molecule is CC(C)CCC[C@@H](C)[C@H]1CC[C@H]2[C@@H]3C[C@@H](O[Si](C)(C)C)[C@H]4CC(=O)CC[C@]4(C)[C@H]3CC[C@]12C. The van der Waals surface area contributed by atoms with Crippen LogP contribution in [0.15, 0.2) is 0 Å². The lowest BCUT2D eigenvalue weighted by Gasteiger charge is -2.62. The highest BCUT2D eigenvalue weighted by Gasteiger charge is 2.62. The topological polar surface area (TPSA) is 26.3 Å². The van der Waals surface area contributed by atoms with Gasteiger partial charge in [-0.25, -0.2) is 0 Å². The normalized spacial score (nSPS) is 44.3. The van der Waals surface area contributed by atoms with Gasteiger partial charge < -0.3 is 4.43 Å². The van der Waals surface area contributed by atoms with Crippen molar-refractivity contribution in [2.75, 3.05) is 0 Å². The maximum atomic E-state index is 12.6. The van der Waals surface area contributed by atoms with Crippen molar-refractivity contribution in [1.82, 2.24) is 0 Å². The predicted molar refractivity (Wildman–Crippen MR) is 142 cm³/mol. The van der Waals surface area contributed by atoms with Crippen LogP contribution in [0.1, 0.15) is 105 Å². The summed E-state index contributed by atoms with van der Waals surface area (Å²) in [5.41, 5.74) is 0.833. The number of fused-ring (bicyclic) bond motifs is 5. The van der Waals surface area contributed by atoms with Crippen molar-refractivity contribution < 1.29 is 9.22 Å². The highest BCUT2D eigenvalue weighted by molar-refractivity contribution is 6.69. The van der Waals surface area contributed by atoms with Gasteiger partial charge in [-0.2, -0.15) is 0 Å². The molecule has 0 bridgehead atoms. The van der Waals surface area contributed by atoms with Crippen LogP contribution in [0.4, 0.5) is 0 Å². The van der Waals surface area contributed by atoms with Gasteiger partial charge in [0.25, 0.3) is 0 Å². The second kappa shape index (κ2) is 9.38. The van der Waals surface area contributed by atoms with Crippen LogP contribution < -0.4 is 0 Å². The van der Waals surface area contributed by atoms with E-state index in [0.29, 0.717) is 28.6 Å². The summed E-state index contributed by atoms with van der Waals surface area (Å²) in [5, 5.41) is 0. The van der Waals surface area contributed by atoms with E-state index in [1.807, 2.05) is 0 Å². The average Bonchev–Trinajstić information content (AvgIpc) is 3.05. The molecular weight excluding hydrogens is 420 g/mol. The fraction of sp³-hybridized carbons (Fsp3) is 0.967. The molecule has 0 amide bonds. The summed E-state index contributed by atoms with van der Waals surface area (Å²) in [7, 11) is -1.65. The molecule has 4 aliphatic rings. The molecule has 0 heterocycles. The van der Waals surface area contributed by atoms with Gasteiger partial charge >= 0.3 is 0 Å². The summed E-state index contributed by atoms with van der Waals surface area (Å²) >= 11 is 0. The van der Waals surface area contributed by atoms with Gasteiger partial charge in [0.2, 0.25) is 0 Å². The third kappa shape index (κ3) is 4.93. The molecule has 0 unspecified atom stereocenters. The van der Waals surface area contributed by atoms with E-state index < -0.39 is 8.32 Å². The third-order valence-corrected chi connectivity index (χ3v) is 12.2. The lowest BCUT2D eigenvalue weighted by molar-refractivity contribution is -0.163. The van der Waals surface area contributed by atoms with E-state index in [4.69, 9.17) is 4.43 Å². The van der Waals surface area contributed by atoms with Gasteiger partial charge in [0.1, 0.15) is 5.78 Å². The second-order valence-electron chi connectivity index (χ2n) is 14.8. The van der Waals surface area contributed by atoms with Crippen molar-refractivity contribution in [1.29, 1.82) is 0 Å². The Kier molecular flexibility index (Phi) is 7.37. The Morgan fingerprint density at radius 2 is 1.64 bits per heavy atom. The van der Waals surface area contributed by atoms with Crippen LogP contribution in [0, 0.1) is 52.3 Å². The van der Waals surface area contributed by atoms with Crippen molar-refractivity contribution in [3.63, 3.8) is 0 Å². The molecule has 2 nitrogen and oxygen atoms in total. The summed E-state index contributed by atoms with van der Waals surface area (Å²) < 4.78 is 6.93. The first kappa shape index (κ1) is 25.9. The van der Waals surface area contributed by atoms with Crippen LogP contribution in [-0.2, 0) is 9.22 Å². The Hall–Kier alpha value is -0.153. The van der Waals surface area contributed by atoms with Crippen molar-refractivity contribution in [3.05, 3.63) is 0 Å². The zero-order chi connectivity index (χ0) is 24.2. The van der Waals surface area contributed by atoms with Gasteiger partial charge in [-0.1, -0.05) is 53.9 Å². The van der Waals surface area contributed by atoms with Gasteiger partial charge in [-0.05, 0) is 110 Å². The minimum Gasteiger partial charge on any atom is -0.414 e. The smallest absolute Gasteiger partial charge is 0.184 e. The fourth-order valence-corrected chi connectivity index (χ4v) is 10.8. The first-order chi connectivity index (χ1) is 15.3. The molecule has 0 radical (unpaired) electrons. The number of rotatable bonds is 7. The van der Waals surface area contributed by atoms with E-state index in [9.17, 15) is 4.79 Å². The Bertz CT molecular complexity index is 711. The highest BCUT2D eigenvalue weighted by Crippen LogP contribution is 2.68. The van der Waals surface area contributed by atoms with Crippen LogP contribution in [0.2, 0.25) is 19.6 Å². The van der Waals surface area contributed by atoms with Gasteiger partial charge in [0, 0.05) is 18.9 Å². The fourth-order valence-electron chi connectivity index (χ4n) is 9.67. The second-order valence-corrected chi connectivity index (χ2v) is 19.2. The van der Waals surface area contributed by atoms with E-state index in [2.05, 4.69) is 54.3 Å². The van der Waals surface area contributed by atoms with E-state index in [1.165, 1.54) is 51.4 Å². The van der Waals surface area contributed by atoms with Crippen molar-refractivity contribution in [2.24, 2.45) is 52.3 Å². The minimum absolute atomic E-state index is 0.309. The molecule has 4 fully saturated rings. The lowest BCUT2D eigenvalue weighted by Crippen LogP contribution is -2.59. The molecule has 0 spiro atoms. The van der Waals surface area contributed by atoms with Crippen LogP contribution in [-0.4, -0.2) is 20.2 Å². The average molecular weight is 475 g/mol. The largest absolute Gasteiger partial charge is 0.414 e. The molecule has 33 heavy (non-hydrogen) atoms. The highest BCUT2D eigenvalue weighted by atomic mass is 28.4. The zero-order valence-corrected chi connectivity index (χ0v) is 24.2. The standard InChI is InChI=1S/C30H54O2Si/c1-20(2)10-9-11-21(3)24-12-13-25-23-19-28(32-33(6,7)8)27-18-22(31)14-16-30(27,5)26(23)15-17-29(24,25)4/h20-21,23-28H,9-19H2,1-8H3/t21-,23+,24-,25+,26+,27-,28-,29-,30-/m1/s1. The molecule has 0 aromatic rings. The first-order valence-corrected chi connectivity index (χ1v) is 18.0. The third-order valence-electron chi connectivity index (χ3n) is 11.2. The summed E-state index contributed by atoms with van der Waals surface area (Å²) in [5.74, 6) is 6.06. The molecule has 4 saturated carbocycles. The minimum atomic E-state index is -1.65. The Labute approximate surface area is 206 Å². The molecule has 4 aliphatic carbocycles. The van der Waals surface area contributed by atoms with Crippen LogP contribution in [0.5, 0.6) is 0 Å². The number of ketones is 1. The molecular formula is C30H54O2Si. The Balaban J connectivity index is 1.56. The van der Waals surface area contributed by atoms with Gasteiger partial charge in [0.05, 0.1) is 0 Å². The number of hydrogen-bond acceptors (Lipinski definition) is 2. The van der Waals surface area contributed by atoms with Crippen molar-refractivity contribution >= 4 is 14.1 Å². The lowest BCUT2D eigenvalue weighted by atomic mass is 9.44. The molecule has 9 atom stereocenters. The van der Waals surface area contributed by atoms with Crippen LogP contribution in [0.25, 0.3) is 0 Å². The number of Topliss-reactive ketones (excluding diaryl/α,β-unsaturated/α-hetero) is 1. The van der Waals surface area contributed by atoms with Crippen molar-refractivity contribution in [3.8, 4) is 0 Å². The predicted octanol–water partition coefficient (Wildman–Crippen LogP) is 8.51. The van der Waals surface area contributed by atoms with Crippen LogP contribution in [0.3, 0.4) is 0 Å². The first-order valence-electron chi connectivity index (χ1n) is 14.5. The van der Waals surface area contributed by atoms with E-state index in [-0.39, 0.29) is 0 Å². The molecule has 3 heteroatoms. The monoisotopic (exact) mass is 474 g/mol. The van der Waals surface area contributed by atoms with Gasteiger partial charge in [0.15, 0.2) is 8.32 Å². The number of carbonyl (C=O) groups is 1. The summed E-state index contributed by atoms with van der Waals surface area (Å²) in [6, 6.07) is 0. The molecule has 4 rings (SSSR count). The van der Waals surface area contributed by atoms with E-state index in [1.54, 1.807) is 0 Å². The van der Waals surface area contributed by atoms with Crippen molar-refractivity contribution in [2.45, 2.75) is 131 Å². The van der Waals surface area contributed by atoms with E-state index in [0.717, 1.165) is 54.8 Å². The molecule has 0 saturated heterocycles. The van der Waals surface area contributed by atoms with Crippen LogP contribution >= 0.6 is 0 Å². The molecule has 0 aliphatic heterocycles. The van der Waals surface area contributed by atoms with Gasteiger partial charge in [-0.15, -0.1) is 0 Å². The molecule has 190 valence electrons. The zero-order valence-electron chi connectivity index (χ0n) is 23.2. The summed E-state index contributed by atoms with van der Waals surface area (Å²) in [4.78, 5) is 12.6.